The average molecular weight is 244 g/mol. The van der Waals surface area contributed by atoms with E-state index in [0.29, 0.717) is 23.9 Å². The summed E-state index contributed by atoms with van der Waals surface area (Å²) in [6, 6.07) is 11.2. The largest absolute Gasteiger partial charge is 0.396 e. The third kappa shape index (κ3) is 2.89. The van der Waals surface area contributed by atoms with E-state index in [1.165, 1.54) is 0 Å². The highest BCUT2D eigenvalue weighted by Gasteiger charge is 1.99. The summed E-state index contributed by atoms with van der Waals surface area (Å²) < 4.78 is 0. The number of nitrogen functional groups attached to an aromatic ring is 2. The van der Waals surface area contributed by atoms with Crippen LogP contribution in [0.2, 0.25) is 0 Å². The fraction of sp³-hybridized carbons (Fsp3) is 0.154. The third-order valence-electron chi connectivity index (χ3n) is 2.64. The van der Waals surface area contributed by atoms with Crippen molar-refractivity contribution < 1.29 is 5.11 Å². The number of rotatable bonds is 4. The van der Waals surface area contributed by atoms with Crippen molar-refractivity contribution in [3.63, 3.8) is 0 Å². The summed E-state index contributed by atoms with van der Waals surface area (Å²) in [6.07, 6.45) is 0. The van der Waals surface area contributed by atoms with Crippen molar-refractivity contribution in [1.82, 2.24) is 4.98 Å². The number of aliphatic hydroxyl groups is 1. The monoisotopic (exact) mass is 244 g/mol. The fourth-order valence-corrected chi connectivity index (χ4v) is 1.54. The van der Waals surface area contributed by atoms with Crippen LogP contribution in [0.1, 0.15) is 11.1 Å². The summed E-state index contributed by atoms with van der Waals surface area (Å²) in [5.74, 6) is 1.02. The first-order valence-electron chi connectivity index (χ1n) is 5.63. The van der Waals surface area contributed by atoms with Gasteiger partial charge < -0.3 is 21.9 Å². The summed E-state index contributed by atoms with van der Waals surface area (Å²) in [6.45, 7) is 0.700. The Labute approximate surface area is 105 Å². The minimum atomic E-state index is 0.0593. The number of nitrogens with two attached hydrogens (primary N) is 2. The lowest BCUT2D eigenvalue weighted by Crippen LogP contribution is -2.04. The Morgan fingerprint density at radius 1 is 1.00 bits per heavy atom. The van der Waals surface area contributed by atoms with Gasteiger partial charge in [-0.3, -0.25) is 0 Å². The lowest BCUT2D eigenvalue weighted by Gasteiger charge is -2.08. The van der Waals surface area contributed by atoms with Crippen LogP contribution < -0.4 is 16.8 Å². The maximum atomic E-state index is 8.94. The lowest BCUT2D eigenvalue weighted by molar-refractivity contribution is 0.282. The molecule has 0 aliphatic rings. The Balaban J connectivity index is 1.99. The molecule has 0 aliphatic heterocycles. The van der Waals surface area contributed by atoms with E-state index >= 15 is 0 Å². The third-order valence-corrected chi connectivity index (χ3v) is 2.64. The van der Waals surface area contributed by atoms with Crippen molar-refractivity contribution in [2.45, 2.75) is 13.2 Å². The van der Waals surface area contributed by atoms with Crippen LogP contribution in [0.15, 0.2) is 36.4 Å². The highest BCUT2D eigenvalue weighted by molar-refractivity contribution is 5.61. The van der Waals surface area contributed by atoms with Gasteiger partial charge in [0.15, 0.2) is 0 Å². The van der Waals surface area contributed by atoms with Gasteiger partial charge in [-0.2, -0.15) is 0 Å². The van der Waals surface area contributed by atoms with Gasteiger partial charge in [-0.25, -0.2) is 4.98 Å². The van der Waals surface area contributed by atoms with Crippen molar-refractivity contribution >= 4 is 17.3 Å². The van der Waals surface area contributed by atoms with E-state index in [2.05, 4.69) is 10.3 Å². The second kappa shape index (κ2) is 5.37. The Hall–Kier alpha value is -2.27. The topological polar surface area (TPSA) is 97.2 Å². The number of nitrogens with zero attached hydrogens (tertiary/aromatic N) is 1. The quantitative estimate of drug-likeness (QED) is 0.651. The van der Waals surface area contributed by atoms with Crippen molar-refractivity contribution in [3.05, 3.63) is 47.5 Å². The molecule has 2 rings (SSSR count). The van der Waals surface area contributed by atoms with E-state index in [9.17, 15) is 0 Å². The first kappa shape index (κ1) is 12.2. The Kier molecular flexibility index (Phi) is 3.64. The molecule has 94 valence electrons. The number of benzene rings is 1. The number of hydrogen-bond donors (Lipinski definition) is 4. The van der Waals surface area contributed by atoms with Gasteiger partial charge >= 0.3 is 0 Å². The van der Waals surface area contributed by atoms with E-state index in [1.54, 1.807) is 12.1 Å². The van der Waals surface area contributed by atoms with Gasteiger partial charge in [-0.1, -0.05) is 24.3 Å². The maximum Gasteiger partial charge on any atom is 0.149 e. The molecule has 0 saturated heterocycles. The number of pyridine rings is 1. The van der Waals surface area contributed by atoms with Crippen LogP contribution in [0, 0.1) is 0 Å². The molecule has 6 N–H and O–H groups in total. The van der Waals surface area contributed by atoms with Crippen LogP contribution in [-0.2, 0) is 13.2 Å². The molecule has 1 aromatic carbocycles. The minimum Gasteiger partial charge on any atom is -0.396 e. The van der Waals surface area contributed by atoms with Crippen LogP contribution >= 0.6 is 0 Å². The van der Waals surface area contributed by atoms with Crippen LogP contribution in [0.4, 0.5) is 17.3 Å². The van der Waals surface area contributed by atoms with Crippen LogP contribution in [-0.4, -0.2) is 10.1 Å². The normalized spacial score (nSPS) is 10.3. The number of hydrogen-bond acceptors (Lipinski definition) is 5. The van der Waals surface area contributed by atoms with Crippen LogP contribution in [0.5, 0.6) is 0 Å². The predicted octanol–water partition coefficient (Wildman–Crippen LogP) is 1.35. The van der Waals surface area contributed by atoms with Gasteiger partial charge in [-0.15, -0.1) is 0 Å². The van der Waals surface area contributed by atoms with Gasteiger partial charge in [0.05, 0.1) is 12.3 Å². The minimum absolute atomic E-state index is 0.0593. The molecule has 5 heteroatoms. The summed E-state index contributed by atoms with van der Waals surface area (Å²) in [5.41, 5.74) is 13.7. The molecule has 0 radical (unpaired) electrons. The smallest absolute Gasteiger partial charge is 0.149 e. The van der Waals surface area contributed by atoms with E-state index in [1.807, 2.05) is 24.3 Å². The predicted molar refractivity (Wildman–Crippen MR) is 72.8 cm³/mol. The fourth-order valence-electron chi connectivity index (χ4n) is 1.54. The molecule has 0 saturated carbocycles. The molecular formula is C13H16N4O. The number of aromatic nitrogens is 1. The second-order valence-corrected chi connectivity index (χ2v) is 4.00. The molecule has 0 spiro atoms. The molecule has 5 nitrogen and oxygen atoms in total. The molecule has 0 aliphatic carbocycles. The summed E-state index contributed by atoms with van der Waals surface area (Å²) in [7, 11) is 0. The molecule has 0 atom stereocenters. The van der Waals surface area contributed by atoms with E-state index < -0.39 is 0 Å². The zero-order valence-electron chi connectivity index (χ0n) is 9.93. The van der Waals surface area contributed by atoms with Crippen LogP contribution in [0.3, 0.4) is 0 Å². The molecule has 0 unspecified atom stereocenters. The molecule has 2 aromatic rings. The number of anilines is 3. The van der Waals surface area contributed by atoms with E-state index in [4.69, 9.17) is 16.6 Å². The van der Waals surface area contributed by atoms with Crippen molar-refractivity contribution in [2.75, 3.05) is 16.8 Å². The van der Waals surface area contributed by atoms with Crippen molar-refractivity contribution in [2.24, 2.45) is 0 Å². The van der Waals surface area contributed by atoms with Gasteiger partial charge in [0, 0.05) is 6.54 Å². The highest BCUT2D eigenvalue weighted by atomic mass is 16.3. The summed E-state index contributed by atoms with van der Waals surface area (Å²) in [5, 5.41) is 12.1. The molecule has 0 amide bonds. The summed E-state index contributed by atoms with van der Waals surface area (Å²) >= 11 is 0. The molecule has 0 fully saturated rings. The molecule has 18 heavy (non-hydrogen) atoms. The molecule has 1 aromatic heterocycles. The van der Waals surface area contributed by atoms with Crippen molar-refractivity contribution in [1.29, 1.82) is 0 Å². The Bertz CT molecular complexity index is 525. The van der Waals surface area contributed by atoms with Crippen molar-refractivity contribution in [3.8, 4) is 0 Å². The van der Waals surface area contributed by atoms with E-state index in [-0.39, 0.29) is 6.61 Å². The molecule has 1 heterocycles. The SMILES string of the molecule is Nc1ccc(NCc2ccc(CO)cc2)nc1N. The van der Waals surface area contributed by atoms with E-state index in [0.717, 1.165) is 11.1 Å². The van der Waals surface area contributed by atoms with Gasteiger partial charge in [0.25, 0.3) is 0 Å². The standard InChI is InChI=1S/C13H16N4O/c14-11-5-6-12(17-13(11)15)16-7-9-1-3-10(8-18)4-2-9/h1-6,18H,7-8,14H2,(H3,15,16,17). The zero-order valence-corrected chi connectivity index (χ0v) is 9.93. The van der Waals surface area contributed by atoms with Gasteiger partial charge in [-0.05, 0) is 23.3 Å². The Morgan fingerprint density at radius 3 is 2.28 bits per heavy atom. The first-order chi connectivity index (χ1) is 8.69. The average Bonchev–Trinajstić information content (AvgIpc) is 2.41. The first-order valence-corrected chi connectivity index (χ1v) is 5.63. The Morgan fingerprint density at radius 2 is 1.67 bits per heavy atom. The van der Waals surface area contributed by atoms with Gasteiger partial charge in [0.1, 0.15) is 11.6 Å². The maximum absolute atomic E-state index is 8.94. The summed E-state index contributed by atoms with van der Waals surface area (Å²) in [4.78, 5) is 4.12. The lowest BCUT2D eigenvalue weighted by atomic mass is 10.1. The number of nitrogens with one attached hydrogen (secondary N) is 1. The molecular weight excluding hydrogens is 228 g/mol. The zero-order chi connectivity index (χ0) is 13.0. The van der Waals surface area contributed by atoms with Gasteiger partial charge in [0.2, 0.25) is 0 Å². The molecule has 0 bridgehead atoms. The number of aliphatic hydroxyl groups excluding tert-OH is 1. The second-order valence-electron chi connectivity index (χ2n) is 4.00. The van der Waals surface area contributed by atoms with Crippen LogP contribution in [0.25, 0.3) is 0 Å². The highest BCUT2D eigenvalue weighted by Crippen LogP contribution is 2.15.